The number of benzene rings is 2. The van der Waals surface area contributed by atoms with Crippen molar-refractivity contribution in [1.82, 2.24) is 19.9 Å². The van der Waals surface area contributed by atoms with Crippen LogP contribution in [0.5, 0.6) is 0 Å². The first kappa shape index (κ1) is 15.5. The van der Waals surface area contributed by atoms with Gasteiger partial charge in [0.15, 0.2) is 5.82 Å². The van der Waals surface area contributed by atoms with Gasteiger partial charge in [0.1, 0.15) is 0 Å². The fourth-order valence-corrected chi connectivity index (χ4v) is 3.14. The van der Waals surface area contributed by atoms with Crippen molar-refractivity contribution in [1.29, 1.82) is 0 Å². The van der Waals surface area contributed by atoms with Gasteiger partial charge in [0.2, 0.25) is 4.77 Å². The van der Waals surface area contributed by atoms with E-state index in [1.165, 1.54) is 5.56 Å². The van der Waals surface area contributed by atoms with Crippen molar-refractivity contribution in [3.8, 4) is 22.6 Å². The van der Waals surface area contributed by atoms with E-state index in [4.69, 9.17) is 17.2 Å². The van der Waals surface area contributed by atoms with E-state index < -0.39 is 0 Å². The first-order valence-corrected chi connectivity index (χ1v) is 8.40. The summed E-state index contributed by atoms with van der Waals surface area (Å²) >= 11 is 5.30. The molecule has 2 heterocycles. The van der Waals surface area contributed by atoms with E-state index in [9.17, 15) is 0 Å². The second-order valence-corrected chi connectivity index (χ2v) is 6.24. The summed E-state index contributed by atoms with van der Waals surface area (Å²) in [7, 11) is 1.82. The predicted molar refractivity (Wildman–Crippen MR) is 104 cm³/mol. The molecule has 0 aliphatic rings. The van der Waals surface area contributed by atoms with Gasteiger partial charge >= 0.3 is 0 Å². The van der Waals surface area contributed by atoms with Gasteiger partial charge in [-0.25, -0.2) is 14.8 Å². The van der Waals surface area contributed by atoms with Gasteiger partial charge in [0.05, 0.1) is 11.2 Å². The normalized spacial score (nSPS) is 11.0. The van der Waals surface area contributed by atoms with Crippen molar-refractivity contribution in [2.75, 3.05) is 12.5 Å². The SMILES string of the molecule is CNn1c(-c2cc(-c3ccc(C)cc3)nc3ccccc23)n[nH]c1=S. The molecule has 0 atom stereocenters. The number of rotatable bonds is 3. The molecule has 0 unspecified atom stereocenters. The number of hydrogen-bond donors (Lipinski definition) is 2. The van der Waals surface area contributed by atoms with E-state index >= 15 is 0 Å². The van der Waals surface area contributed by atoms with Gasteiger partial charge in [-0.2, -0.15) is 5.10 Å². The highest BCUT2D eigenvalue weighted by Gasteiger charge is 2.14. The summed E-state index contributed by atoms with van der Waals surface area (Å²) in [5.41, 5.74) is 8.17. The molecule has 2 aromatic heterocycles. The summed E-state index contributed by atoms with van der Waals surface area (Å²) in [5, 5.41) is 8.29. The summed E-state index contributed by atoms with van der Waals surface area (Å²) in [5.74, 6) is 0.736. The minimum atomic E-state index is 0.523. The molecule has 5 nitrogen and oxygen atoms in total. The molecule has 25 heavy (non-hydrogen) atoms. The minimum Gasteiger partial charge on any atom is -0.325 e. The Morgan fingerprint density at radius 2 is 1.84 bits per heavy atom. The Hall–Kier alpha value is -2.99. The van der Waals surface area contributed by atoms with Crippen molar-refractivity contribution in [3.05, 3.63) is 64.9 Å². The Morgan fingerprint density at radius 1 is 1.08 bits per heavy atom. The lowest BCUT2D eigenvalue weighted by atomic mass is 10.0. The zero-order valence-corrected chi connectivity index (χ0v) is 14.8. The summed E-state index contributed by atoms with van der Waals surface area (Å²) in [6.07, 6.45) is 0. The Bertz CT molecular complexity index is 1110. The standard InChI is InChI=1S/C19H17N5S/c1-12-7-9-13(10-8-12)17-11-15(14-5-3-4-6-16(14)21-17)18-22-23-19(25)24(18)20-2/h3-11,20H,1-2H3,(H,23,25). The van der Waals surface area contributed by atoms with E-state index in [0.29, 0.717) is 4.77 Å². The van der Waals surface area contributed by atoms with E-state index in [1.54, 1.807) is 4.68 Å². The van der Waals surface area contributed by atoms with Gasteiger partial charge < -0.3 is 5.43 Å². The third-order valence-corrected chi connectivity index (χ3v) is 4.47. The summed E-state index contributed by atoms with van der Waals surface area (Å²) in [6.45, 7) is 2.08. The molecule has 4 aromatic rings. The van der Waals surface area contributed by atoms with E-state index in [1.807, 2.05) is 31.3 Å². The number of para-hydroxylation sites is 1. The molecule has 124 valence electrons. The van der Waals surface area contributed by atoms with Crippen molar-refractivity contribution in [2.24, 2.45) is 0 Å². The molecule has 0 aliphatic carbocycles. The van der Waals surface area contributed by atoms with Gasteiger partial charge in [-0.3, -0.25) is 0 Å². The van der Waals surface area contributed by atoms with Crippen LogP contribution in [-0.2, 0) is 0 Å². The first-order valence-electron chi connectivity index (χ1n) is 8.00. The van der Waals surface area contributed by atoms with Crippen LogP contribution in [0.25, 0.3) is 33.5 Å². The zero-order valence-electron chi connectivity index (χ0n) is 13.9. The van der Waals surface area contributed by atoms with Crippen molar-refractivity contribution < 1.29 is 0 Å². The van der Waals surface area contributed by atoms with Crippen LogP contribution in [0, 0.1) is 11.7 Å². The van der Waals surface area contributed by atoms with Crippen LogP contribution in [0.15, 0.2) is 54.6 Å². The van der Waals surface area contributed by atoms with E-state index in [0.717, 1.165) is 33.5 Å². The predicted octanol–water partition coefficient (Wildman–Crippen LogP) is 4.30. The summed E-state index contributed by atoms with van der Waals surface area (Å²) in [6, 6.07) is 18.5. The highest BCUT2D eigenvalue weighted by Crippen LogP contribution is 2.31. The molecule has 2 N–H and O–H groups in total. The number of aromatic amines is 1. The quantitative estimate of drug-likeness (QED) is 0.542. The maximum Gasteiger partial charge on any atom is 0.214 e. The number of nitrogens with one attached hydrogen (secondary N) is 2. The zero-order chi connectivity index (χ0) is 17.4. The van der Waals surface area contributed by atoms with Crippen LogP contribution in [-0.4, -0.2) is 26.9 Å². The highest BCUT2D eigenvalue weighted by molar-refractivity contribution is 7.71. The average Bonchev–Trinajstić information content (AvgIpc) is 3.02. The Labute approximate surface area is 150 Å². The molecule has 2 aromatic carbocycles. The largest absolute Gasteiger partial charge is 0.325 e. The van der Waals surface area contributed by atoms with Crippen LogP contribution < -0.4 is 5.43 Å². The van der Waals surface area contributed by atoms with E-state index in [-0.39, 0.29) is 0 Å². The number of aryl methyl sites for hydroxylation is 1. The lowest BCUT2D eigenvalue weighted by Crippen LogP contribution is -2.10. The topological polar surface area (TPSA) is 58.5 Å². The Morgan fingerprint density at radius 3 is 2.60 bits per heavy atom. The van der Waals surface area contributed by atoms with Crippen LogP contribution in [0.3, 0.4) is 0 Å². The number of H-pyrrole nitrogens is 1. The second-order valence-electron chi connectivity index (χ2n) is 5.85. The molecule has 6 heteroatoms. The lowest BCUT2D eigenvalue weighted by molar-refractivity contribution is 0.913. The Balaban J connectivity index is 2.02. The fourth-order valence-electron chi connectivity index (χ4n) is 2.92. The minimum absolute atomic E-state index is 0.523. The van der Waals surface area contributed by atoms with Crippen LogP contribution in [0.4, 0.5) is 0 Å². The summed E-state index contributed by atoms with van der Waals surface area (Å²) < 4.78 is 2.28. The molecular weight excluding hydrogens is 330 g/mol. The number of pyridine rings is 1. The lowest BCUT2D eigenvalue weighted by Gasteiger charge is -2.11. The van der Waals surface area contributed by atoms with Crippen molar-refractivity contribution >= 4 is 23.1 Å². The molecule has 4 rings (SSSR count). The van der Waals surface area contributed by atoms with E-state index in [2.05, 4.69) is 52.9 Å². The number of hydrogen-bond acceptors (Lipinski definition) is 4. The maximum absolute atomic E-state index is 5.30. The molecule has 0 saturated heterocycles. The number of aromatic nitrogens is 4. The smallest absolute Gasteiger partial charge is 0.214 e. The van der Waals surface area contributed by atoms with Crippen molar-refractivity contribution in [3.63, 3.8) is 0 Å². The van der Waals surface area contributed by atoms with Gasteiger partial charge in [-0.15, -0.1) is 0 Å². The maximum atomic E-state index is 5.30. The van der Waals surface area contributed by atoms with Crippen LogP contribution in [0.2, 0.25) is 0 Å². The molecule has 0 spiro atoms. The number of fused-ring (bicyclic) bond motifs is 1. The molecule has 0 saturated carbocycles. The number of nitrogens with zero attached hydrogens (tertiary/aromatic N) is 3. The summed E-state index contributed by atoms with van der Waals surface area (Å²) in [4.78, 5) is 4.83. The Kier molecular flexibility index (Phi) is 3.82. The van der Waals surface area contributed by atoms with Crippen LogP contribution >= 0.6 is 12.2 Å². The van der Waals surface area contributed by atoms with Gasteiger partial charge in [0, 0.05) is 23.6 Å². The molecule has 0 bridgehead atoms. The van der Waals surface area contributed by atoms with Crippen molar-refractivity contribution in [2.45, 2.75) is 6.92 Å². The molecule has 0 radical (unpaired) electrons. The third-order valence-electron chi connectivity index (χ3n) is 4.20. The fraction of sp³-hybridized carbons (Fsp3) is 0.105. The monoisotopic (exact) mass is 347 g/mol. The molecule has 0 fully saturated rings. The average molecular weight is 347 g/mol. The second kappa shape index (κ2) is 6.14. The highest BCUT2D eigenvalue weighted by atomic mass is 32.1. The van der Waals surface area contributed by atoms with Gasteiger partial charge in [0.25, 0.3) is 0 Å². The van der Waals surface area contributed by atoms with Crippen LogP contribution in [0.1, 0.15) is 5.56 Å². The van der Waals surface area contributed by atoms with Gasteiger partial charge in [-0.05, 0) is 31.3 Å². The third kappa shape index (κ3) is 2.70. The molecule has 0 amide bonds. The first-order chi connectivity index (χ1) is 12.2. The van der Waals surface area contributed by atoms with Gasteiger partial charge in [-0.1, -0.05) is 48.0 Å². The molecular formula is C19H17N5S. The molecule has 0 aliphatic heterocycles.